The molecule has 0 aliphatic heterocycles. The van der Waals surface area contributed by atoms with E-state index in [1.807, 2.05) is 37.4 Å². The average molecular weight is 243 g/mol. The topological polar surface area (TPSA) is 57.2 Å². The van der Waals surface area contributed by atoms with Crippen LogP contribution in [0.5, 0.6) is 5.75 Å². The van der Waals surface area contributed by atoms with Crippen molar-refractivity contribution in [1.82, 2.24) is 4.98 Å². The highest BCUT2D eigenvalue weighted by Crippen LogP contribution is 2.11. The molecule has 1 aromatic heterocycles. The fourth-order valence-electron chi connectivity index (χ4n) is 1.67. The van der Waals surface area contributed by atoms with E-state index in [2.05, 4.69) is 15.6 Å². The highest BCUT2D eigenvalue weighted by molar-refractivity contribution is 5.44. The zero-order chi connectivity index (χ0) is 12.8. The van der Waals surface area contributed by atoms with E-state index in [9.17, 15) is 5.11 Å². The molecule has 2 rings (SSSR count). The van der Waals surface area contributed by atoms with Crippen molar-refractivity contribution in [3.8, 4) is 5.75 Å². The molecule has 3 N–H and O–H groups in total. The van der Waals surface area contributed by atoms with Gasteiger partial charge in [-0.05, 0) is 36.2 Å². The quantitative estimate of drug-likeness (QED) is 0.755. The number of hydrogen-bond acceptors (Lipinski definition) is 4. The van der Waals surface area contributed by atoms with Gasteiger partial charge in [-0.3, -0.25) is 0 Å². The first-order chi connectivity index (χ1) is 8.78. The minimum atomic E-state index is 0.301. The van der Waals surface area contributed by atoms with Crippen LogP contribution >= 0.6 is 0 Å². The van der Waals surface area contributed by atoms with Gasteiger partial charge >= 0.3 is 0 Å². The molecule has 0 unspecified atom stereocenters. The molecule has 0 aliphatic rings. The summed E-state index contributed by atoms with van der Waals surface area (Å²) in [4.78, 5) is 4.37. The number of hydrogen-bond donors (Lipinski definition) is 3. The van der Waals surface area contributed by atoms with Crippen LogP contribution in [0.3, 0.4) is 0 Å². The van der Waals surface area contributed by atoms with Crippen molar-refractivity contribution in [1.29, 1.82) is 0 Å². The molecular weight excluding hydrogens is 226 g/mol. The number of nitrogens with zero attached hydrogens (tertiary/aromatic N) is 1. The van der Waals surface area contributed by atoms with Crippen molar-refractivity contribution >= 4 is 11.6 Å². The van der Waals surface area contributed by atoms with E-state index in [-0.39, 0.29) is 0 Å². The number of anilines is 2. The van der Waals surface area contributed by atoms with Crippen LogP contribution in [-0.2, 0) is 6.42 Å². The Kier molecular flexibility index (Phi) is 4.02. The first-order valence-electron chi connectivity index (χ1n) is 5.94. The normalized spacial score (nSPS) is 10.1. The van der Waals surface area contributed by atoms with Gasteiger partial charge in [-0.15, -0.1) is 0 Å². The molecular formula is C14H17N3O. The van der Waals surface area contributed by atoms with Crippen molar-refractivity contribution in [3.05, 3.63) is 48.0 Å². The van der Waals surface area contributed by atoms with Gasteiger partial charge in [0.05, 0.1) is 0 Å². The number of rotatable bonds is 5. The molecule has 0 fully saturated rings. The lowest BCUT2D eigenvalue weighted by Gasteiger charge is -2.07. The minimum Gasteiger partial charge on any atom is -0.508 e. The van der Waals surface area contributed by atoms with Crippen molar-refractivity contribution in [2.75, 3.05) is 24.2 Å². The lowest BCUT2D eigenvalue weighted by Crippen LogP contribution is -2.06. The standard InChI is InChI=1S/C14H17N3O/c1-15-13-3-2-4-14(17-13)16-10-9-11-5-7-12(18)8-6-11/h2-8,18H,9-10H2,1H3,(H2,15,16,17). The van der Waals surface area contributed by atoms with Crippen LogP contribution in [0.25, 0.3) is 0 Å². The van der Waals surface area contributed by atoms with Gasteiger partial charge < -0.3 is 15.7 Å². The first kappa shape index (κ1) is 12.2. The maximum absolute atomic E-state index is 9.19. The Labute approximate surface area is 107 Å². The maximum Gasteiger partial charge on any atom is 0.128 e. The van der Waals surface area contributed by atoms with Crippen LogP contribution in [0, 0.1) is 0 Å². The summed E-state index contributed by atoms with van der Waals surface area (Å²) in [6.07, 6.45) is 0.895. The van der Waals surface area contributed by atoms with E-state index in [4.69, 9.17) is 0 Å². The Morgan fingerprint density at radius 2 is 1.78 bits per heavy atom. The first-order valence-corrected chi connectivity index (χ1v) is 5.94. The van der Waals surface area contributed by atoms with Crippen molar-refractivity contribution < 1.29 is 5.11 Å². The third-order valence-electron chi connectivity index (χ3n) is 2.66. The van der Waals surface area contributed by atoms with Crippen LogP contribution in [0.15, 0.2) is 42.5 Å². The predicted octanol–water partition coefficient (Wildman–Crippen LogP) is 2.48. The molecule has 1 aromatic carbocycles. The summed E-state index contributed by atoms with van der Waals surface area (Å²) < 4.78 is 0. The van der Waals surface area contributed by atoms with E-state index < -0.39 is 0 Å². The van der Waals surface area contributed by atoms with Gasteiger partial charge in [0.2, 0.25) is 0 Å². The van der Waals surface area contributed by atoms with Crippen LogP contribution in [0.4, 0.5) is 11.6 Å². The summed E-state index contributed by atoms with van der Waals surface area (Å²) in [6, 6.07) is 13.1. The monoisotopic (exact) mass is 243 g/mol. The third kappa shape index (κ3) is 3.38. The lowest BCUT2D eigenvalue weighted by atomic mass is 10.1. The van der Waals surface area contributed by atoms with E-state index in [0.717, 1.165) is 24.6 Å². The largest absolute Gasteiger partial charge is 0.508 e. The number of nitrogens with one attached hydrogen (secondary N) is 2. The highest BCUT2D eigenvalue weighted by Gasteiger charge is 1.97. The van der Waals surface area contributed by atoms with Crippen molar-refractivity contribution in [2.24, 2.45) is 0 Å². The van der Waals surface area contributed by atoms with Gasteiger partial charge in [-0.2, -0.15) is 0 Å². The second-order valence-corrected chi connectivity index (χ2v) is 4.00. The van der Waals surface area contributed by atoms with Gasteiger partial charge in [0, 0.05) is 13.6 Å². The van der Waals surface area contributed by atoms with Gasteiger partial charge in [-0.25, -0.2) is 4.98 Å². The van der Waals surface area contributed by atoms with Crippen molar-refractivity contribution in [2.45, 2.75) is 6.42 Å². The van der Waals surface area contributed by atoms with E-state index >= 15 is 0 Å². The van der Waals surface area contributed by atoms with Gasteiger partial charge in [0.15, 0.2) is 0 Å². The Balaban J connectivity index is 1.86. The number of aromatic nitrogens is 1. The molecule has 1 heterocycles. The summed E-state index contributed by atoms with van der Waals surface area (Å²) in [5.74, 6) is 2.01. The SMILES string of the molecule is CNc1cccc(NCCc2ccc(O)cc2)n1. The Morgan fingerprint density at radius 3 is 2.50 bits per heavy atom. The molecule has 0 atom stereocenters. The van der Waals surface area contributed by atoms with Gasteiger partial charge in [-0.1, -0.05) is 18.2 Å². The molecule has 94 valence electrons. The second-order valence-electron chi connectivity index (χ2n) is 4.00. The van der Waals surface area contributed by atoms with E-state index in [1.54, 1.807) is 12.1 Å². The summed E-state index contributed by atoms with van der Waals surface area (Å²) in [7, 11) is 1.85. The van der Waals surface area contributed by atoms with Crippen molar-refractivity contribution in [3.63, 3.8) is 0 Å². The molecule has 18 heavy (non-hydrogen) atoms. The van der Waals surface area contributed by atoms with Crippen LogP contribution in [0.1, 0.15) is 5.56 Å². The lowest BCUT2D eigenvalue weighted by molar-refractivity contribution is 0.475. The highest BCUT2D eigenvalue weighted by atomic mass is 16.3. The van der Waals surface area contributed by atoms with Crippen LogP contribution in [0.2, 0.25) is 0 Å². The number of aromatic hydroxyl groups is 1. The molecule has 0 amide bonds. The van der Waals surface area contributed by atoms with Gasteiger partial charge in [0.1, 0.15) is 17.4 Å². The Hall–Kier alpha value is -2.23. The molecule has 0 bridgehead atoms. The summed E-state index contributed by atoms with van der Waals surface area (Å²) in [5.41, 5.74) is 1.19. The molecule has 4 nitrogen and oxygen atoms in total. The minimum absolute atomic E-state index is 0.301. The van der Waals surface area contributed by atoms with Crippen LogP contribution in [-0.4, -0.2) is 23.7 Å². The summed E-state index contributed by atoms with van der Waals surface area (Å²) >= 11 is 0. The molecule has 0 aliphatic carbocycles. The Bertz CT molecular complexity index is 497. The number of phenolic OH excluding ortho intramolecular Hbond substituents is 1. The molecule has 2 aromatic rings. The molecule has 0 radical (unpaired) electrons. The third-order valence-corrected chi connectivity index (χ3v) is 2.66. The number of pyridine rings is 1. The fraction of sp³-hybridized carbons (Fsp3) is 0.214. The zero-order valence-corrected chi connectivity index (χ0v) is 10.4. The molecule has 0 spiro atoms. The fourth-order valence-corrected chi connectivity index (χ4v) is 1.67. The van der Waals surface area contributed by atoms with E-state index in [0.29, 0.717) is 5.75 Å². The van der Waals surface area contributed by atoms with Crippen LogP contribution < -0.4 is 10.6 Å². The number of phenols is 1. The molecule has 4 heteroatoms. The Morgan fingerprint density at radius 1 is 1.06 bits per heavy atom. The smallest absolute Gasteiger partial charge is 0.128 e. The van der Waals surface area contributed by atoms with E-state index in [1.165, 1.54) is 5.56 Å². The summed E-state index contributed by atoms with van der Waals surface area (Å²) in [6.45, 7) is 0.810. The second kappa shape index (κ2) is 5.91. The molecule has 0 saturated heterocycles. The zero-order valence-electron chi connectivity index (χ0n) is 10.4. The maximum atomic E-state index is 9.19. The number of benzene rings is 1. The average Bonchev–Trinajstić information content (AvgIpc) is 2.41. The summed E-state index contributed by atoms with van der Waals surface area (Å²) in [5, 5.41) is 15.5. The predicted molar refractivity (Wildman–Crippen MR) is 74.1 cm³/mol. The molecule has 0 saturated carbocycles. The van der Waals surface area contributed by atoms with Gasteiger partial charge in [0.25, 0.3) is 0 Å².